The van der Waals surface area contributed by atoms with Gasteiger partial charge in [-0.3, -0.25) is 9.59 Å². The number of Topliss-reactive ketones (excluding diaryl/α,β-unsaturated/α-hetero) is 2. The van der Waals surface area contributed by atoms with Gasteiger partial charge in [0, 0.05) is 0 Å². The van der Waals surface area contributed by atoms with Crippen LogP contribution in [0.1, 0.15) is 38.5 Å². The summed E-state index contributed by atoms with van der Waals surface area (Å²) < 4.78 is 0. The number of nitrogens with two attached hydrogens (primary N) is 1. The third-order valence-electron chi connectivity index (χ3n) is 3.74. The minimum Gasteiger partial charge on any atom is -0.324 e. The Bertz CT molecular complexity index is 342. The molecule has 0 radical (unpaired) electrons. The summed E-state index contributed by atoms with van der Waals surface area (Å²) in [5.41, 5.74) is 5.43. The molecular weight excluding hydrogens is 254 g/mol. The van der Waals surface area contributed by atoms with Crippen molar-refractivity contribution in [3.63, 3.8) is 0 Å². The van der Waals surface area contributed by atoms with Crippen LogP contribution in [0, 0.1) is 0 Å². The largest absolute Gasteiger partial charge is 0.324 e. The lowest BCUT2D eigenvalue weighted by atomic mass is 10.0. The quantitative estimate of drug-likeness (QED) is 0.658. The van der Waals surface area contributed by atoms with E-state index in [0.717, 1.165) is 38.5 Å². The molecule has 1 unspecified atom stereocenters. The molecule has 0 aromatic carbocycles. The fraction of sp³-hybridized carbons (Fsp3) is 0.733. The number of carbonyl (C=O) groups excluding carboxylic acids is 2. The number of likely N-dealkylation sites (N-methyl/N-ethyl adjacent to an activating group) is 1. The highest BCUT2D eigenvalue weighted by Crippen LogP contribution is 2.08. The fourth-order valence-corrected chi connectivity index (χ4v) is 2.45. The Labute approximate surface area is 121 Å². The molecule has 20 heavy (non-hydrogen) atoms. The minimum absolute atomic E-state index is 0.0161. The van der Waals surface area contributed by atoms with E-state index in [1.165, 1.54) is 0 Å². The topological polar surface area (TPSA) is 84.2 Å². The van der Waals surface area contributed by atoms with Gasteiger partial charge in [0.15, 0.2) is 11.6 Å². The molecule has 1 aliphatic rings. The van der Waals surface area contributed by atoms with E-state index >= 15 is 0 Å². The first kappa shape index (κ1) is 17.0. The third kappa shape index (κ3) is 5.94. The van der Waals surface area contributed by atoms with Crippen molar-refractivity contribution in [3.05, 3.63) is 12.2 Å². The summed E-state index contributed by atoms with van der Waals surface area (Å²) in [6.07, 6.45) is 9.81. The van der Waals surface area contributed by atoms with Crippen molar-refractivity contribution in [3.8, 4) is 0 Å². The number of rotatable bonds is 3. The second-order valence-electron chi connectivity index (χ2n) is 5.24. The van der Waals surface area contributed by atoms with Gasteiger partial charge in [0.05, 0.1) is 25.2 Å². The molecule has 0 aromatic heterocycles. The second kappa shape index (κ2) is 9.80. The van der Waals surface area contributed by atoms with Crippen LogP contribution in [-0.4, -0.2) is 43.8 Å². The average Bonchev–Trinajstić information content (AvgIpc) is 2.48. The van der Waals surface area contributed by atoms with E-state index in [1.807, 2.05) is 0 Å². The Kier molecular flexibility index (Phi) is 8.34. The van der Waals surface area contributed by atoms with Crippen LogP contribution in [0.15, 0.2) is 12.2 Å². The van der Waals surface area contributed by atoms with Gasteiger partial charge in [0.2, 0.25) is 0 Å². The second-order valence-corrected chi connectivity index (χ2v) is 5.24. The van der Waals surface area contributed by atoms with Crippen LogP contribution in [0.2, 0.25) is 0 Å². The molecular formula is C15H27N3O2. The summed E-state index contributed by atoms with van der Waals surface area (Å²) in [4.78, 5) is 23.9. The lowest BCUT2D eigenvalue weighted by Gasteiger charge is -2.19. The minimum atomic E-state index is -0.296. The van der Waals surface area contributed by atoms with Crippen LogP contribution in [0.4, 0.5) is 0 Å². The first-order chi connectivity index (χ1) is 9.69. The van der Waals surface area contributed by atoms with E-state index in [0.29, 0.717) is 0 Å². The molecule has 0 aromatic rings. The van der Waals surface area contributed by atoms with Crippen molar-refractivity contribution < 1.29 is 9.59 Å². The Morgan fingerprint density at radius 2 is 2.00 bits per heavy atom. The lowest BCUT2D eigenvalue weighted by molar-refractivity contribution is -0.121. The molecule has 0 saturated carbocycles. The van der Waals surface area contributed by atoms with Gasteiger partial charge in [-0.05, 0) is 45.6 Å². The maximum absolute atomic E-state index is 12.1. The number of ketones is 2. The molecule has 0 spiro atoms. The molecule has 4 N–H and O–H groups in total. The summed E-state index contributed by atoms with van der Waals surface area (Å²) >= 11 is 0. The van der Waals surface area contributed by atoms with Crippen molar-refractivity contribution >= 4 is 11.6 Å². The number of allylic oxidation sites excluding steroid dienone is 2. The maximum atomic E-state index is 12.1. The van der Waals surface area contributed by atoms with Crippen LogP contribution in [0.3, 0.4) is 0 Å². The maximum Gasteiger partial charge on any atom is 0.163 e. The van der Waals surface area contributed by atoms with E-state index in [4.69, 9.17) is 5.73 Å². The van der Waals surface area contributed by atoms with E-state index in [1.54, 1.807) is 7.05 Å². The highest BCUT2D eigenvalue weighted by Gasteiger charge is 2.20. The molecule has 0 bridgehead atoms. The lowest BCUT2D eigenvalue weighted by Crippen LogP contribution is -2.46. The molecule has 0 saturated heterocycles. The number of hydrogen-bond acceptors (Lipinski definition) is 5. The summed E-state index contributed by atoms with van der Waals surface area (Å²) in [5, 5.41) is 6.14. The van der Waals surface area contributed by atoms with E-state index < -0.39 is 0 Å². The van der Waals surface area contributed by atoms with Gasteiger partial charge in [0.1, 0.15) is 0 Å². The SMILES string of the molecule is CN[C@@H]1CCC/C=C\CCCC(C(=O)CN)NCC1=O. The van der Waals surface area contributed by atoms with Gasteiger partial charge in [0.25, 0.3) is 0 Å². The number of nitrogens with one attached hydrogen (secondary N) is 2. The summed E-state index contributed by atoms with van der Waals surface area (Å²) in [7, 11) is 1.80. The van der Waals surface area contributed by atoms with E-state index in [2.05, 4.69) is 22.8 Å². The van der Waals surface area contributed by atoms with Crippen LogP contribution < -0.4 is 16.4 Å². The molecule has 0 aliphatic carbocycles. The van der Waals surface area contributed by atoms with Gasteiger partial charge >= 0.3 is 0 Å². The van der Waals surface area contributed by atoms with Gasteiger partial charge in [-0.15, -0.1) is 0 Å². The first-order valence-corrected chi connectivity index (χ1v) is 7.50. The van der Waals surface area contributed by atoms with Crippen molar-refractivity contribution in [2.75, 3.05) is 20.1 Å². The fourth-order valence-electron chi connectivity index (χ4n) is 2.45. The van der Waals surface area contributed by atoms with Crippen LogP contribution in [0.5, 0.6) is 0 Å². The monoisotopic (exact) mass is 281 g/mol. The van der Waals surface area contributed by atoms with Crippen LogP contribution >= 0.6 is 0 Å². The predicted molar refractivity (Wildman–Crippen MR) is 80.5 cm³/mol. The Morgan fingerprint density at radius 1 is 1.35 bits per heavy atom. The van der Waals surface area contributed by atoms with Crippen LogP contribution in [0.25, 0.3) is 0 Å². The molecule has 0 fully saturated rings. The van der Waals surface area contributed by atoms with Gasteiger partial charge < -0.3 is 16.4 Å². The predicted octanol–water partition coefficient (Wildman–Crippen LogP) is 0.540. The molecule has 1 aliphatic heterocycles. The molecule has 5 heteroatoms. The van der Waals surface area contributed by atoms with Crippen molar-refractivity contribution in [1.29, 1.82) is 0 Å². The van der Waals surface area contributed by atoms with Crippen molar-refractivity contribution in [2.45, 2.75) is 50.6 Å². The van der Waals surface area contributed by atoms with Gasteiger partial charge in [-0.2, -0.15) is 0 Å². The summed E-state index contributed by atoms with van der Waals surface area (Å²) in [5.74, 6) is 0.100. The highest BCUT2D eigenvalue weighted by molar-refractivity contribution is 5.88. The van der Waals surface area contributed by atoms with Gasteiger partial charge in [-0.1, -0.05) is 12.2 Å². The molecule has 2 atom stereocenters. The zero-order chi connectivity index (χ0) is 14.8. The molecule has 5 nitrogen and oxygen atoms in total. The first-order valence-electron chi connectivity index (χ1n) is 7.50. The number of carbonyl (C=O) groups is 2. The third-order valence-corrected chi connectivity index (χ3v) is 3.74. The molecule has 1 heterocycles. The van der Waals surface area contributed by atoms with Gasteiger partial charge in [-0.25, -0.2) is 0 Å². The Morgan fingerprint density at radius 3 is 2.60 bits per heavy atom. The molecule has 1 rings (SSSR count). The summed E-state index contributed by atoms with van der Waals surface area (Å²) in [6.45, 7) is 0.256. The normalized spacial score (nSPS) is 28.0. The van der Waals surface area contributed by atoms with E-state index in [9.17, 15) is 9.59 Å². The zero-order valence-corrected chi connectivity index (χ0v) is 12.4. The molecule has 0 amide bonds. The average molecular weight is 281 g/mol. The standard InChI is InChI=1S/C15H27N3O2/c1-17-12-8-6-4-2-3-5-7-9-13(14(19)10-16)18-11-15(12)20/h2-3,12-13,17-18H,4-11,16H2,1H3/b3-2-/t12-,13?/m1/s1. The molecule has 114 valence electrons. The van der Waals surface area contributed by atoms with E-state index in [-0.39, 0.29) is 36.7 Å². The number of hydrogen-bond donors (Lipinski definition) is 3. The smallest absolute Gasteiger partial charge is 0.163 e. The Balaban J connectivity index is 2.66. The zero-order valence-electron chi connectivity index (χ0n) is 12.4. The highest BCUT2D eigenvalue weighted by atomic mass is 16.1. The van der Waals surface area contributed by atoms with Crippen LogP contribution in [-0.2, 0) is 9.59 Å². The van der Waals surface area contributed by atoms with Crippen molar-refractivity contribution in [2.24, 2.45) is 5.73 Å². The Hall–Kier alpha value is -1.04. The summed E-state index contributed by atoms with van der Waals surface area (Å²) in [6, 6.07) is -0.430. The van der Waals surface area contributed by atoms with Crippen molar-refractivity contribution in [1.82, 2.24) is 10.6 Å².